The van der Waals surface area contributed by atoms with Crippen LogP contribution in [0.3, 0.4) is 0 Å². The van der Waals surface area contributed by atoms with Gasteiger partial charge in [-0.25, -0.2) is 19.4 Å². The van der Waals surface area contributed by atoms with Crippen molar-refractivity contribution in [2.45, 2.75) is 12.2 Å². The fourth-order valence-electron chi connectivity index (χ4n) is 3.31. The highest BCUT2D eigenvalue weighted by molar-refractivity contribution is 6.09. The van der Waals surface area contributed by atoms with E-state index >= 15 is 0 Å². The first-order valence-electron chi connectivity index (χ1n) is 8.56. The van der Waals surface area contributed by atoms with Crippen molar-refractivity contribution >= 4 is 11.9 Å². The number of benzene rings is 1. The minimum atomic E-state index is -1.43. The lowest BCUT2D eigenvalue weighted by Crippen LogP contribution is -2.41. The highest BCUT2D eigenvalue weighted by atomic mass is 19.1. The van der Waals surface area contributed by atoms with Gasteiger partial charge in [0.25, 0.3) is 5.91 Å². The van der Waals surface area contributed by atoms with Crippen molar-refractivity contribution in [1.29, 1.82) is 0 Å². The molecule has 1 aromatic carbocycles. The Hall–Kier alpha value is -3.68. The molecule has 140 valence electrons. The number of aromatic nitrogens is 3. The molecule has 4 rings (SSSR count). The molecule has 0 radical (unpaired) electrons. The first kappa shape index (κ1) is 17.7. The molecule has 1 aliphatic heterocycles. The molecule has 0 spiro atoms. The lowest BCUT2D eigenvalue weighted by Gasteiger charge is -2.26. The summed E-state index contributed by atoms with van der Waals surface area (Å²) >= 11 is 0. The lowest BCUT2D eigenvalue weighted by molar-refractivity contribution is -0.129. The number of carbonyl (C=O) groups is 1. The molecule has 3 heterocycles. The SMILES string of the molecule is CN1C(=O)C(c2cncc(CF)c2)(c2cccc(-c3cncnc3)c2)N=C1N. The van der Waals surface area contributed by atoms with Gasteiger partial charge in [0, 0.05) is 48.5 Å². The number of hydrogen-bond acceptors (Lipinski definition) is 6. The third-order valence-corrected chi connectivity index (χ3v) is 4.78. The van der Waals surface area contributed by atoms with Crippen LogP contribution in [0.2, 0.25) is 0 Å². The van der Waals surface area contributed by atoms with Crippen LogP contribution in [0.25, 0.3) is 11.1 Å². The van der Waals surface area contributed by atoms with Crippen molar-refractivity contribution in [3.05, 3.63) is 78.1 Å². The molecule has 3 aromatic rings. The normalized spacial score (nSPS) is 19.0. The van der Waals surface area contributed by atoms with E-state index in [0.29, 0.717) is 16.7 Å². The number of guanidine groups is 1. The van der Waals surface area contributed by atoms with E-state index in [1.807, 2.05) is 18.2 Å². The van der Waals surface area contributed by atoms with Crippen LogP contribution in [-0.2, 0) is 17.0 Å². The van der Waals surface area contributed by atoms with Crippen LogP contribution in [0.5, 0.6) is 0 Å². The molecule has 2 N–H and O–H groups in total. The molecule has 0 fully saturated rings. The lowest BCUT2D eigenvalue weighted by atomic mass is 9.82. The molecule has 2 aromatic heterocycles. The third kappa shape index (κ3) is 2.70. The molecule has 1 atom stereocenters. The summed E-state index contributed by atoms with van der Waals surface area (Å²) in [5, 5.41) is 0. The summed E-state index contributed by atoms with van der Waals surface area (Å²) in [4.78, 5) is 31.2. The summed E-state index contributed by atoms with van der Waals surface area (Å²) in [6.07, 6.45) is 7.76. The number of nitrogens with zero attached hydrogens (tertiary/aromatic N) is 5. The largest absolute Gasteiger partial charge is 0.369 e. The fraction of sp³-hybridized carbons (Fsp3) is 0.150. The van der Waals surface area contributed by atoms with Gasteiger partial charge in [-0.05, 0) is 23.3 Å². The summed E-state index contributed by atoms with van der Waals surface area (Å²) in [6, 6.07) is 8.95. The average molecular weight is 376 g/mol. The Morgan fingerprint density at radius 1 is 1.04 bits per heavy atom. The van der Waals surface area contributed by atoms with E-state index < -0.39 is 12.2 Å². The summed E-state index contributed by atoms with van der Waals surface area (Å²) in [5.74, 6) is -0.242. The average Bonchev–Trinajstić information content (AvgIpc) is 2.99. The monoisotopic (exact) mass is 376 g/mol. The summed E-state index contributed by atoms with van der Waals surface area (Å²) in [5.41, 5.74) is 7.59. The van der Waals surface area contributed by atoms with Crippen molar-refractivity contribution in [1.82, 2.24) is 19.9 Å². The van der Waals surface area contributed by atoms with E-state index in [1.165, 1.54) is 23.6 Å². The molecule has 8 heteroatoms. The smallest absolute Gasteiger partial charge is 0.266 e. The molecular formula is C20H17FN6O. The molecule has 7 nitrogen and oxygen atoms in total. The number of rotatable bonds is 4. The second-order valence-corrected chi connectivity index (χ2v) is 6.47. The van der Waals surface area contributed by atoms with Crippen LogP contribution in [0.1, 0.15) is 16.7 Å². The van der Waals surface area contributed by atoms with Gasteiger partial charge in [-0.15, -0.1) is 0 Å². The van der Waals surface area contributed by atoms with E-state index in [4.69, 9.17) is 5.73 Å². The predicted octanol–water partition coefficient (Wildman–Crippen LogP) is 2.04. The van der Waals surface area contributed by atoms with Crippen LogP contribution in [-0.4, -0.2) is 38.8 Å². The van der Waals surface area contributed by atoms with Gasteiger partial charge in [0.05, 0.1) is 0 Å². The van der Waals surface area contributed by atoms with Crippen molar-refractivity contribution in [2.75, 3.05) is 7.05 Å². The Morgan fingerprint density at radius 2 is 1.82 bits per heavy atom. The number of alkyl halides is 1. The number of hydrogen-bond donors (Lipinski definition) is 1. The molecule has 0 saturated carbocycles. The summed E-state index contributed by atoms with van der Waals surface area (Å²) in [7, 11) is 1.56. The van der Waals surface area contributed by atoms with Crippen molar-refractivity contribution in [3.8, 4) is 11.1 Å². The first-order valence-corrected chi connectivity index (χ1v) is 8.56. The maximum Gasteiger partial charge on any atom is 0.266 e. The highest BCUT2D eigenvalue weighted by Crippen LogP contribution is 2.40. The number of pyridine rings is 1. The standard InChI is InChI=1S/C20H17FN6O/c1-27-18(28)20(26-19(27)22,17-5-13(7-21)8-23-11-17)16-4-2-3-14(6-16)15-9-24-12-25-10-15/h2-6,8-12H,7H2,1H3,(H2,22,26). The summed E-state index contributed by atoms with van der Waals surface area (Å²) < 4.78 is 13.2. The highest BCUT2D eigenvalue weighted by Gasteiger charge is 2.49. The molecule has 28 heavy (non-hydrogen) atoms. The molecule has 1 aliphatic rings. The minimum Gasteiger partial charge on any atom is -0.369 e. The van der Waals surface area contributed by atoms with Gasteiger partial charge < -0.3 is 5.73 Å². The van der Waals surface area contributed by atoms with Crippen LogP contribution in [0, 0.1) is 0 Å². The zero-order chi connectivity index (χ0) is 19.7. The van der Waals surface area contributed by atoms with E-state index in [0.717, 1.165) is 11.1 Å². The van der Waals surface area contributed by atoms with E-state index in [-0.39, 0.29) is 11.9 Å². The minimum absolute atomic E-state index is 0.0871. The van der Waals surface area contributed by atoms with Gasteiger partial charge >= 0.3 is 0 Å². The maximum absolute atomic E-state index is 13.3. The van der Waals surface area contributed by atoms with E-state index in [2.05, 4.69) is 19.9 Å². The van der Waals surface area contributed by atoms with Crippen molar-refractivity contribution < 1.29 is 9.18 Å². The molecule has 0 bridgehead atoms. The van der Waals surface area contributed by atoms with Crippen molar-refractivity contribution in [2.24, 2.45) is 10.7 Å². The van der Waals surface area contributed by atoms with Gasteiger partial charge in [-0.2, -0.15) is 0 Å². The quantitative estimate of drug-likeness (QED) is 0.751. The van der Waals surface area contributed by atoms with E-state index in [9.17, 15) is 9.18 Å². The van der Waals surface area contributed by atoms with E-state index in [1.54, 1.807) is 31.6 Å². The molecule has 0 saturated heterocycles. The van der Waals surface area contributed by atoms with Crippen LogP contribution < -0.4 is 5.73 Å². The van der Waals surface area contributed by atoms with Gasteiger partial charge in [0.1, 0.15) is 13.0 Å². The maximum atomic E-state index is 13.3. The van der Waals surface area contributed by atoms with Crippen molar-refractivity contribution in [3.63, 3.8) is 0 Å². The zero-order valence-corrected chi connectivity index (χ0v) is 15.1. The van der Waals surface area contributed by atoms with Gasteiger partial charge in [0.2, 0.25) is 0 Å². The van der Waals surface area contributed by atoms with Gasteiger partial charge in [-0.3, -0.25) is 14.7 Å². The first-order chi connectivity index (χ1) is 13.6. The zero-order valence-electron chi connectivity index (χ0n) is 15.1. The Kier molecular flexibility index (Phi) is 4.31. The number of aliphatic imine (C=N–C) groups is 1. The molecular weight excluding hydrogens is 359 g/mol. The number of halogens is 1. The van der Waals surface area contributed by atoms with Gasteiger partial charge in [-0.1, -0.05) is 18.2 Å². The fourth-order valence-corrected chi connectivity index (χ4v) is 3.31. The summed E-state index contributed by atoms with van der Waals surface area (Å²) in [6.45, 7) is -0.693. The second-order valence-electron chi connectivity index (χ2n) is 6.47. The van der Waals surface area contributed by atoms with Crippen LogP contribution >= 0.6 is 0 Å². The number of likely N-dealkylation sites (N-methyl/N-ethyl adjacent to an activating group) is 1. The Bertz CT molecular complexity index is 1070. The predicted molar refractivity (Wildman–Crippen MR) is 102 cm³/mol. The number of carbonyl (C=O) groups excluding carboxylic acids is 1. The Balaban J connectivity index is 1.95. The number of nitrogens with two attached hydrogens (primary N) is 1. The molecule has 1 amide bonds. The third-order valence-electron chi connectivity index (χ3n) is 4.78. The topological polar surface area (TPSA) is 97.4 Å². The molecule has 0 aliphatic carbocycles. The van der Waals surface area contributed by atoms with Crippen LogP contribution in [0.4, 0.5) is 4.39 Å². The Labute approximate surface area is 160 Å². The number of amides is 1. The van der Waals surface area contributed by atoms with Gasteiger partial charge in [0.15, 0.2) is 11.5 Å². The van der Waals surface area contributed by atoms with Crippen LogP contribution in [0.15, 0.2) is 66.4 Å². The second kappa shape index (κ2) is 6.80. The Morgan fingerprint density at radius 3 is 2.50 bits per heavy atom. The molecule has 1 unspecified atom stereocenters.